The van der Waals surface area contributed by atoms with Gasteiger partial charge >= 0.3 is 0 Å². The van der Waals surface area contributed by atoms with Gasteiger partial charge in [0.1, 0.15) is 0 Å². The standard InChI is InChI=1S/C6H11BrOS/c1-6(7)5-9-4-2-3-8/h8H,1-5H2. The summed E-state index contributed by atoms with van der Waals surface area (Å²) < 4.78 is 1.02. The predicted octanol–water partition coefficient (Wildman–Crippen LogP) is 2.01. The van der Waals surface area contributed by atoms with Crippen molar-refractivity contribution in [2.45, 2.75) is 6.42 Å². The summed E-state index contributed by atoms with van der Waals surface area (Å²) in [6, 6.07) is 0. The van der Waals surface area contributed by atoms with E-state index in [1.807, 2.05) is 0 Å². The Labute approximate surface area is 68.7 Å². The topological polar surface area (TPSA) is 20.2 Å². The van der Waals surface area contributed by atoms with E-state index in [4.69, 9.17) is 5.11 Å². The first-order valence-electron chi connectivity index (χ1n) is 2.79. The molecule has 0 aliphatic heterocycles. The van der Waals surface area contributed by atoms with Crippen LogP contribution in [0.2, 0.25) is 0 Å². The van der Waals surface area contributed by atoms with Crippen LogP contribution in [-0.4, -0.2) is 23.2 Å². The average Bonchev–Trinajstić information content (AvgIpc) is 1.80. The quantitative estimate of drug-likeness (QED) is 0.702. The zero-order valence-electron chi connectivity index (χ0n) is 5.27. The maximum absolute atomic E-state index is 8.38. The minimum absolute atomic E-state index is 0.293. The van der Waals surface area contributed by atoms with Gasteiger partial charge < -0.3 is 5.11 Å². The highest BCUT2D eigenvalue weighted by atomic mass is 79.9. The second kappa shape index (κ2) is 6.65. The van der Waals surface area contributed by atoms with Crippen LogP contribution in [-0.2, 0) is 0 Å². The highest BCUT2D eigenvalue weighted by Crippen LogP contribution is 2.11. The van der Waals surface area contributed by atoms with E-state index < -0.39 is 0 Å². The van der Waals surface area contributed by atoms with Gasteiger partial charge in [-0.3, -0.25) is 0 Å². The maximum Gasteiger partial charge on any atom is 0.0438 e. The summed E-state index contributed by atoms with van der Waals surface area (Å²) in [5, 5.41) is 8.38. The van der Waals surface area contributed by atoms with Gasteiger partial charge in [0.15, 0.2) is 0 Å². The molecule has 0 unspecified atom stereocenters. The van der Waals surface area contributed by atoms with Gasteiger partial charge in [-0.05, 0) is 16.7 Å². The lowest BCUT2D eigenvalue weighted by Crippen LogP contribution is -1.86. The van der Waals surface area contributed by atoms with Crippen molar-refractivity contribution in [2.75, 3.05) is 18.1 Å². The largest absolute Gasteiger partial charge is 0.396 e. The van der Waals surface area contributed by atoms with E-state index in [2.05, 4.69) is 22.5 Å². The zero-order valence-corrected chi connectivity index (χ0v) is 7.67. The summed E-state index contributed by atoms with van der Waals surface area (Å²) in [4.78, 5) is 0. The van der Waals surface area contributed by atoms with Gasteiger partial charge in [-0.15, -0.1) is 0 Å². The van der Waals surface area contributed by atoms with Crippen LogP contribution in [0.3, 0.4) is 0 Å². The molecule has 0 radical (unpaired) electrons. The summed E-state index contributed by atoms with van der Waals surface area (Å²) in [6.45, 7) is 3.98. The Morgan fingerprint density at radius 1 is 1.67 bits per heavy atom. The number of aliphatic hydroxyl groups is 1. The Morgan fingerprint density at radius 3 is 2.78 bits per heavy atom. The molecule has 0 aliphatic rings. The lowest BCUT2D eigenvalue weighted by molar-refractivity contribution is 0.296. The molecular formula is C6H11BrOS. The Balaban J connectivity index is 2.83. The number of thioether (sulfide) groups is 1. The molecule has 0 rings (SSSR count). The number of hydrogen-bond donors (Lipinski definition) is 1. The van der Waals surface area contributed by atoms with Gasteiger partial charge in [0.25, 0.3) is 0 Å². The van der Waals surface area contributed by atoms with Crippen LogP contribution >= 0.6 is 27.7 Å². The number of hydrogen-bond acceptors (Lipinski definition) is 2. The van der Waals surface area contributed by atoms with Crippen LogP contribution in [0.1, 0.15) is 6.42 Å². The van der Waals surface area contributed by atoms with E-state index in [9.17, 15) is 0 Å². The summed E-state index contributed by atoms with van der Waals surface area (Å²) in [5.74, 6) is 1.96. The van der Waals surface area contributed by atoms with E-state index >= 15 is 0 Å². The third-order valence-electron chi connectivity index (χ3n) is 0.705. The van der Waals surface area contributed by atoms with Gasteiger partial charge in [-0.2, -0.15) is 11.8 Å². The molecule has 0 saturated carbocycles. The highest BCUT2D eigenvalue weighted by Gasteiger charge is 1.88. The summed E-state index contributed by atoms with van der Waals surface area (Å²) in [7, 11) is 0. The van der Waals surface area contributed by atoms with Crippen LogP contribution < -0.4 is 0 Å². The fourth-order valence-corrected chi connectivity index (χ4v) is 1.53. The van der Waals surface area contributed by atoms with E-state index in [-0.39, 0.29) is 0 Å². The third-order valence-corrected chi connectivity index (χ3v) is 2.49. The van der Waals surface area contributed by atoms with Crippen molar-refractivity contribution in [2.24, 2.45) is 0 Å². The fraction of sp³-hybridized carbons (Fsp3) is 0.667. The lowest BCUT2D eigenvalue weighted by atomic mass is 10.5. The Bertz CT molecular complexity index is 85.1. The molecule has 54 valence electrons. The summed E-state index contributed by atoms with van der Waals surface area (Å²) in [6.07, 6.45) is 0.880. The molecule has 0 heterocycles. The minimum atomic E-state index is 0.293. The van der Waals surface area contributed by atoms with Gasteiger partial charge in [-0.1, -0.05) is 22.5 Å². The molecule has 1 N–H and O–H groups in total. The van der Waals surface area contributed by atoms with Crippen molar-refractivity contribution >= 4 is 27.7 Å². The van der Waals surface area contributed by atoms with E-state index in [0.717, 1.165) is 22.4 Å². The molecule has 0 aromatic carbocycles. The highest BCUT2D eigenvalue weighted by molar-refractivity contribution is 9.11. The van der Waals surface area contributed by atoms with Crippen LogP contribution in [0.15, 0.2) is 11.1 Å². The molecule has 0 aromatic heterocycles. The van der Waals surface area contributed by atoms with Gasteiger partial charge in [0.05, 0.1) is 0 Å². The van der Waals surface area contributed by atoms with Crippen LogP contribution in [0, 0.1) is 0 Å². The first-order valence-corrected chi connectivity index (χ1v) is 4.74. The Morgan fingerprint density at radius 2 is 2.33 bits per heavy atom. The Hall–Kier alpha value is 0.530. The number of rotatable bonds is 5. The Kier molecular flexibility index (Phi) is 7.04. The molecule has 3 heteroatoms. The van der Waals surface area contributed by atoms with E-state index in [1.54, 1.807) is 11.8 Å². The van der Waals surface area contributed by atoms with Crippen LogP contribution in [0.25, 0.3) is 0 Å². The summed E-state index contributed by atoms with van der Waals surface area (Å²) in [5.41, 5.74) is 0. The van der Waals surface area contributed by atoms with Crippen molar-refractivity contribution < 1.29 is 5.11 Å². The fourth-order valence-electron chi connectivity index (χ4n) is 0.350. The second-order valence-electron chi connectivity index (χ2n) is 1.65. The van der Waals surface area contributed by atoms with Crippen molar-refractivity contribution in [3.63, 3.8) is 0 Å². The zero-order chi connectivity index (χ0) is 7.11. The molecule has 0 bridgehead atoms. The normalized spacial score (nSPS) is 9.56. The molecule has 0 atom stereocenters. The van der Waals surface area contributed by atoms with Crippen molar-refractivity contribution in [3.05, 3.63) is 11.1 Å². The van der Waals surface area contributed by atoms with Gasteiger partial charge in [0, 0.05) is 12.4 Å². The molecule has 0 aromatic rings. The molecule has 0 amide bonds. The van der Waals surface area contributed by atoms with Crippen LogP contribution in [0.5, 0.6) is 0 Å². The monoisotopic (exact) mass is 210 g/mol. The smallest absolute Gasteiger partial charge is 0.0438 e. The number of halogens is 1. The molecule has 0 fully saturated rings. The van der Waals surface area contributed by atoms with Crippen molar-refractivity contribution in [3.8, 4) is 0 Å². The minimum Gasteiger partial charge on any atom is -0.396 e. The van der Waals surface area contributed by atoms with Crippen molar-refractivity contribution in [1.82, 2.24) is 0 Å². The number of aliphatic hydroxyl groups excluding tert-OH is 1. The lowest BCUT2D eigenvalue weighted by Gasteiger charge is -1.95. The molecule has 1 nitrogen and oxygen atoms in total. The van der Waals surface area contributed by atoms with Crippen molar-refractivity contribution in [1.29, 1.82) is 0 Å². The molecule has 0 spiro atoms. The van der Waals surface area contributed by atoms with Gasteiger partial charge in [0.2, 0.25) is 0 Å². The molecule has 0 saturated heterocycles. The van der Waals surface area contributed by atoms with Crippen LogP contribution in [0.4, 0.5) is 0 Å². The van der Waals surface area contributed by atoms with E-state index in [0.29, 0.717) is 6.61 Å². The first-order chi connectivity index (χ1) is 4.27. The average molecular weight is 211 g/mol. The third kappa shape index (κ3) is 8.53. The maximum atomic E-state index is 8.38. The first kappa shape index (κ1) is 9.53. The molecular weight excluding hydrogens is 200 g/mol. The SMILES string of the molecule is C=C(Br)CSCCCO. The van der Waals surface area contributed by atoms with E-state index in [1.165, 1.54) is 0 Å². The molecule has 0 aliphatic carbocycles. The second-order valence-corrected chi connectivity index (χ2v) is 3.87. The summed E-state index contributed by atoms with van der Waals surface area (Å²) >= 11 is 5.03. The predicted molar refractivity (Wildman–Crippen MR) is 47.1 cm³/mol. The molecule has 9 heavy (non-hydrogen) atoms. The van der Waals surface area contributed by atoms with Gasteiger partial charge in [-0.25, -0.2) is 0 Å².